The van der Waals surface area contributed by atoms with E-state index in [1.807, 2.05) is 30.3 Å². The van der Waals surface area contributed by atoms with E-state index in [2.05, 4.69) is 0 Å². The van der Waals surface area contributed by atoms with Crippen molar-refractivity contribution in [1.29, 1.82) is 0 Å². The van der Waals surface area contributed by atoms with Crippen LogP contribution in [0.25, 0.3) is 0 Å². The number of rotatable bonds is 3. The molecule has 23 heavy (non-hydrogen) atoms. The molecule has 1 aromatic carbocycles. The molecule has 1 atom stereocenters. The number of nitrogens with zero attached hydrogens (tertiary/aromatic N) is 2. The van der Waals surface area contributed by atoms with Gasteiger partial charge in [-0.25, -0.2) is 0 Å². The summed E-state index contributed by atoms with van der Waals surface area (Å²) in [6.07, 6.45) is -3.99. The molecule has 1 saturated heterocycles. The Morgan fingerprint density at radius 1 is 1.26 bits per heavy atom. The average Bonchev–Trinajstić information content (AvgIpc) is 2.53. The first-order valence-corrected chi connectivity index (χ1v) is 7.44. The van der Waals surface area contributed by atoms with Crippen molar-refractivity contribution >= 4 is 11.8 Å². The predicted octanol–water partition coefficient (Wildman–Crippen LogP) is 2.45. The van der Waals surface area contributed by atoms with Crippen molar-refractivity contribution in [3.63, 3.8) is 0 Å². The van der Waals surface area contributed by atoms with Gasteiger partial charge in [-0.1, -0.05) is 30.3 Å². The van der Waals surface area contributed by atoms with Crippen LogP contribution in [0.2, 0.25) is 0 Å². The zero-order chi connectivity index (χ0) is 17.0. The van der Waals surface area contributed by atoms with Crippen LogP contribution in [0.5, 0.6) is 0 Å². The molecule has 1 aromatic rings. The Kier molecular flexibility index (Phi) is 5.28. The lowest BCUT2D eigenvalue weighted by atomic mass is 9.96. The Morgan fingerprint density at radius 3 is 2.52 bits per heavy atom. The van der Waals surface area contributed by atoms with Crippen LogP contribution in [-0.2, 0) is 16.1 Å². The first-order chi connectivity index (χ1) is 10.8. The summed E-state index contributed by atoms with van der Waals surface area (Å²) in [5.74, 6) is -2.67. The van der Waals surface area contributed by atoms with E-state index in [0.29, 0.717) is 19.4 Å². The van der Waals surface area contributed by atoms with Crippen LogP contribution >= 0.6 is 0 Å². The molecular formula is C16H19F3N2O2. The van der Waals surface area contributed by atoms with Gasteiger partial charge in [0.25, 0.3) is 0 Å². The van der Waals surface area contributed by atoms with Gasteiger partial charge in [0.1, 0.15) is 0 Å². The Labute approximate surface area is 132 Å². The molecule has 0 bridgehead atoms. The van der Waals surface area contributed by atoms with Crippen molar-refractivity contribution < 1.29 is 22.8 Å². The average molecular weight is 328 g/mol. The van der Waals surface area contributed by atoms with Gasteiger partial charge in [-0.15, -0.1) is 0 Å². The maximum atomic E-state index is 12.5. The van der Waals surface area contributed by atoms with Gasteiger partial charge >= 0.3 is 12.1 Å². The number of likely N-dealkylation sites (tertiary alicyclic amines) is 1. The summed E-state index contributed by atoms with van der Waals surface area (Å²) in [4.78, 5) is 26.0. The summed E-state index contributed by atoms with van der Waals surface area (Å²) < 4.78 is 37.6. The van der Waals surface area contributed by atoms with E-state index < -0.39 is 18.0 Å². The van der Waals surface area contributed by atoms with E-state index in [4.69, 9.17) is 0 Å². The van der Waals surface area contributed by atoms with Gasteiger partial charge in [-0.05, 0) is 18.4 Å². The number of hydrogen-bond acceptors (Lipinski definition) is 2. The lowest BCUT2D eigenvalue weighted by Crippen LogP contribution is -2.49. The van der Waals surface area contributed by atoms with Gasteiger partial charge in [0.05, 0.1) is 5.92 Å². The molecule has 126 valence electrons. The first-order valence-electron chi connectivity index (χ1n) is 7.44. The number of hydrogen-bond donors (Lipinski definition) is 0. The number of amides is 2. The minimum atomic E-state index is -4.89. The maximum Gasteiger partial charge on any atom is 0.471 e. The topological polar surface area (TPSA) is 40.6 Å². The molecular weight excluding hydrogens is 309 g/mol. The molecule has 0 spiro atoms. The monoisotopic (exact) mass is 328 g/mol. The van der Waals surface area contributed by atoms with Crippen LogP contribution in [0.3, 0.4) is 0 Å². The van der Waals surface area contributed by atoms with Crippen LogP contribution in [0.4, 0.5) is 13.2 Å². The van der Waals surface area contributed by atoms with Crippen LogP contribution in [-0.4, -0.2) is 47.9 Å². The molecule has 0 saturated carbocycles. The van der Waals surface area contributed by atoms with Crippen molar-refractivity contribution in [3.05, 3.63) is 35.9 Å². The van der Waals surface area contributed by atoms with Gasteiger partial charge in [-0.3, -0.25) is 9.59 Å². The summed E-state index contributed by atoms with van der Waals surface area (Å²) in [5, 5.41) is 0. The Hall–Kier alpha value is -2.05. The summed E-state index contributed by atoms with van der Waals surface area (Å²) in [7, 11) is 1.62. The highest BCUT2D eigenvalue weighted by molar-refractivity contribution is 5.84. The maximum absolute atomic E-state index is 12.5. The van der Waals surface area contributed by atoms with E-state index in [-0.39, 0.29) is 19.0 Å². The second-order valence-corrected chi connectivity index (χ2v) is 5.77. The van der Waals surface area contributed by atoms with E-state index >= 15 is 0 Å². The number of carbonyl (C=O) groups is 2. The van der Waals surface area contributed by atoms with E-state index in [9.17, 15) is 22.8 Å². The smallest absolute Gasteiger partial charge is 0.341 e. The van der Waals surface area contributed by atoms with Crippen molar-refractivity contribution in [2.45, 2.75) is 25.6 Å². The number of halogens is 3. The van der Waals surface area contributed by atoms with Crippen molar-refractivity contribution in [1.82, 2.24) is 9.80 Å². The normalized spacial score (nSPS) is 18.6. The third kappa shape index (κ3) is 4.46. The molecule has 2 rings (SSSR count). The molecule has 0 N–H and O–H groups in total. The SMILES string of the molecule is CN(Cc1ccccc1)C(=O)C1CCCN(C(=O)C(F)(F)F)C1. The molecule has 1 heterocycles. The van der Waals surface area contributed by atoms with Gasteiger partial charge in [0, 0.05) is 26.7 Å². The second-order valence-electron chi connectivity index (χ2n) is 5.77. The minimum Gasteiger partial charge on any atom is -0.341 e. The summed E-state index contributed by atoms with van der Waals surface area (Å²) >= 11 is 0. The Morgan fingerprint density at radius 2 is 1.91 bits per heavy atom. The lowest BCUT2D eigenvalue weighted by Gasteiger charge is -2.34. The molecule has 0 aliphatic carbocycles. The number of alkyl halides is 3. The molecule has 7 heteroatoms. The third-order valence-electron chi connectivity index (χ3n) is 3.94. The van der Waals surface area contributed by atoms with Crippen LogP contribution < -0.4 is 0 Å². The van der Waals surface area contributed by atoms with Crippen molar-refractivity contribution in [2.24, 2.45) is 5.92 Å². The standard InChI is InChI=1S/C16H19F3N2O2/c1-20(10-12-6-3-2-4-7-12)14(22)13-8-5-9-21(11-13)15(23)16(17,18)19/h2-4,6-7,13H,5,8-11H2,1H3. The summed E-state index contributed by atoms with van der Waals surface area (Å²) in [6.45, 7) is 0.268. The summed E-state index contributed by atoms with van der Waals surface area (Å²) in [6, 6.07) is 9.34. The largest absolute Gasteiger partial charge is 0.471 e. The lowest BCUT2D eigenvalue weighted by molar-refractivity contribution is -0.187. The number of benzene rings is 1. The second kappa shape index (κ2) is 7.02. The number of piperidine rings is 1. The first kappa shape index (κ1) is 17.3. The van der Waals surface area contributed by atoms with Gasteiger partial charge in [0.2, 0.25) is 5.91 Å². The molecule has 0 aromatic heterocycles. The fourth-order valence-corrected chi connectivity index (χ4v) is 2.79. The molecule has 1 aliphatic heterocycles. The highest BCUT2D eigenvalue weighted by Crippen LogP contribution is 2.25. The van der Waals surface area contributed by atoms with Gasteiger partial charge < -0.3 is 9.80 Å². The fraction of sp³-hybridized carbons (Fsp3) is 0.500. The Bertz CT molecular complexity index is 560. The van der Waals surface area contributed by atoms with Crippen molar-refractivity contribution in [2.75, 3.05) is 20.1 Å². The Balaban J connectivity index is 1.97. The van der Waals surface area contributed by atoms with Crippen LogP contribution in [0.15, 0.2) is 30.3 Å². The molecule has 1 fully saturated rings. The van der Waals surface area contributed by atoms with Crippen molar-refractivity contribution in [3.8, 4) is 0 Å². The zero-order valence-electron chi connectivity index (χ0n) is 12.8. The highest BCUT2D eigenvalue weighted by atomic mass is 19.4. The van der Waals surface area contributed by atoms with Gasteiger partial charge in [0.15, 0.2) is 0 Å². The minimum absolute atomic E-state index is 0.0462. The van der Waals surface area contributed by atoms with Gasteiger partial charge in [-0.2, -0.15) is 13.2 Å². The summed E-state index contributed by atoms with van der Waals surface area (Å²) in [5.41, 5.74) is 0.947. The fourth-order valence-electron chi connectivity index (χ4n) is 2.79. The van der Waals surface area contributed by atoms with E-state index in [1.54, 1.807) is 7.05 Å². The van der Waals surface area contributed by atoms with Crippen LogP contribution in [0.1, 0.15) is 18.4 Å². The molecule has 4 nitrogen and oxygen atoms in total. The molecule has 0 radical (unpaired) electrons. The quantitative estimate of drug-likeness (QED) is 0.855. The van der Waals surface area contributed by atoms with E-state index in [1.165, 1.54) is 4.90 Å². The molecule has 1 aliphatic rings. The highest BCUT2D eigenvalue weighted by Gasteiger charge is 2.44. The third-order valence-corrected chi connectivity index (χ3v) is 3.94. The molecule has 2 amide bonds. The van der Waals surface area contributed by atoms with Crippen LogP contribution in [0, 0.1) is 5.92 Å². The predicted molar refractivity (Wildman–Crippen MR) is 78.3 cm³/mol. The molecule has 1 unspecified atom stereocenters. The zero-order valence-corrected chi connectivity index (χ0v) is 12.8. The number of carbonyl (C=O) groups excluding carboxylic acids is 2. The van der Waals surface area contributed by atoms with E-state index in [0.717, 1.165) is 10.5 Å².